The van der Waals surface area contributed by atoms with Crippen LogP contribution in [0.1, 0.15) is 32.1 Å². The van der Waals surface area contributed by atoms with E-state index >= 15 is 0 Å². The van der Waals surface area contributed by atoms with Crippen LogP contribution < -0.4 is 0 Å². The molecule has 0 aromatic heterocycles. The van der Waals surface area contributed by atoms with E-state index in [1.54, 1.807) is 0 Å². The molecule has 4 heterocycles. The molecule has 0 spiro atoms. The standard InChI is InChI=1S/C17H28N2O4/c20-17(19-5-1-7-22-19)15-10-14-2-6-18(12-16(14)23-15)11-13-3-8-21-9-4-13/h13-16H,1-12H2/t14-,15-,16+/m0/s1. The van der Waals surface area contributed by atoms with Crippen LogP contribution in [-0.4, -0.2) is 74.1 Å². The van der Waals surface area contributed by atoms with E-state index in [9.17, 15) is 4.79 Å². The first-order valence-corrected chi connectivity index (χ1v) is 9.19. The third kappa shape index (κ3) is 3.55. The molecule has 1 amide bonds. The Bertz CT molecular complexity index is 421. The number of hydrogen-bond donors (Lipinski definition) is 0. The Morgan fingerprint density at radius 2 is 1.96 bits per heavy atom. The second-order valence-corrected chi connectivity index (χ2v) is 7.39. The molecule has 0 aromatic carbocycles. The first kappa shape index (κ1) is 15.8. The molecular formula is C17H28N2O4. The number of likely N-dealkylation sites (tertiary alicyclic amines) is 1. The molecule has 3 atom stereocenters. The van der Waals surface area contributed by atoms with E-state index in [0.29, 0.717) is 19.1 Å². The molecule has 130 valence electrons. The lowest BCUT2D eigenvalue weighted by Gasteiger charge is -2.36. The molecule has 4 aliphatic heterocycles. The van der Waals surface area contributed by atoms with Gasteiger partial charge in [-0.15, -0.1) is 0 Å². The third-order valence-corrected chi connectivity index (χ3v) is 5.77. The Kier molecular flexibility index (Phi) is 4.85. The molecule has 4 aliphatic rings. The molecule has 0 saturated carbocycles. The number of rotatable bonds is 3. The van der Waals surface area contributed by atoms with Gasteiger partial charge in [0.25, 0.3) is 5.91 Å². The number of carbonyl (C=O) groups excluding carboxylic acids is 1. The zero-order valence-corrected chi connectivity index (χ0v) is 13.8. The second-order valence-electron chi connectivity index (χ2n) is 7.39. The number of nitrogens with zero attached hydrogens (tertiary/aromatic N) is 2. The molecule has 6 heteroatoms. The topological polar surface area (TPSA) is 51.2 Å². The molecule has 0 N–H and O–H groups in total. The Balaban J connectivity index is 1.28. The highest BCUT2D eigenvalue weighted by molar-refractivity contribution is 5.80. The minimum absolute atomic E-state index is 0.0351. The molecule has 4 rings (SSSR count). The summed E-state index contributed by atoms with van der Waals surface area (Å²) in [6.07, 6.45) is 5.25. The van der Waals surface area contributed by atoms with Crippen LogP contribution in [0.4, 0.5) is 0 Å². The van der Waals surface area contributed by atoms with Crippen molar-refractivity contribution in [1.82, 2.24) is 9.96 Å². The molecule has 4 saturated heterocycles. The van der Waals surface area contributed by atoms with Crippen molar-refractivity contribution in [2.75, 3.05) is 46.0 Å². The normalized spacial score (nSPS) is 36.3. The SMILES string of the molecule is O=C([C@@H]1C[C@@H]2CCN(CC3CCOCC3)C[C@H]2O1)N1CCCO1. The van der Waals surface area contributed by atoms with Crippen LogP contribution in [0.25, 0.3) is 0 Å². The molecular weight excluding hydrogens is 296 g/mol. The first-order valence-electron chi connectivity index (χ1n) is 9.19. The zero-order chi connectivity index (χ0) is 15.6. The van der Waals surface area contributed by atoms with Crippen LogP contribution in [0, 0.1) is 11.8 Å². The fourth-order valence-electron chi connectivity index (χ4n) is 4.40. The van der Waals surface area contributed by atoms with Crippen molar-refractivity contribution in [3.8, 4) is 0 Å². The van der Waals surface area contributed by atoms with Gasteiger partial charge in [-0.3, -0.25) is 9.63 Å². The number of hydroxylamine groups is 2. The van der Waals surface area contributed by atoms with Gasteiger partial charge in [0.05, 0.1) is 19.3 Å². The predicted molar refractivity (Wildman–Crippen MR) is 83.7 cm³/mol. The summed E-state index contributed by atoms with van der Waals surface area (Å²) in [5.41, 5.74) is 0. The Morgan fingerprint density at radius 3 is 2.74 bits per heavy atom. The minimum Gasteiger partial charge on any atom is -0.381 e. The Labute approximate surface area is 138 Å². The summed E-state index contributed by atoms with van der Waals surface area (Å²) in [6, 6.07) is 0. The molecule has 4 fully saturated rings. The minimum atomic E-state index is -0.286. The summed E-state index contributed by atoms with van der Waals surface area (Å²) in [5, 5.41) is 1.52. The highest BCUT2D eigenvalue weighted by Crippen LogP contribution is 2.35. The summed E-state index contributed by atoms with van der Waals surface area (Å²) < 4.78 is 11.6. The van der Waals surface area contributed by atoms with Gasteiger partial charge in [-0.2, -0.15) is 0 Å². The van der Waals surface area contributed by atoms with Crippen LogP contribution in [0.2, 0.25) is 0 Å². The van der Waals surface area contributed by atoms with Gasteiger partial charge >= 0.3 is 0 Å². The average Bonchev–Trinajstić information content (AvgIpc) is 3.24. The van der Waals surface area contributed by atoms with E-state index in [1.165, 1.54) is 17.9 Å². The molecule has 0 aliphatic carbocycles. The van der Waals surface area contributed by atoms with Crippen molar-refractivity contribution >= 4 is 5.91 Å². The molecule has 6 nitrogen and oxygen atoms in total. The third-order valence-electron chi connectivity index (χ3n) is 5.77. The van der Waals surface area contributed by atoms with Gasteiger partial charge in [-0.05, 0) is 50.5 Å². The molecule has 0 bridgehead atoms. The van der Waals surface area contributed by atoms with Gasteiger partial charge in [-0.25, -0.2) is 5.06 Å². The molecule has 23 heavy (non-hydrogen) atoms. The van der Waals surface area contributed by atoms with Gasteiger partial charge < -0.3 is 14.4 Å². The second kappa shape index (κ2) is 7.05. The highest BCUT2D eigenvalue weighted by atomic mass is 16.7. The quantitative estimate of drug-likeness (QED) is 0.777. The first-order chi connectivity index (χ1) is 11.3. The lowest BCUT2D eigenvalue weighted by Crippen LogP contribution is -2.45. The fraction of sp³-hybridized carbons (Fsp3) is 0.941. The number of ether oxygens (including phenoxy) is 2. The summed E-state index contributed by atoms with van der Waals surface area (Å²) in [7, 11) is 0. The van der Waals surface area contributed by atoms with Gasteiger partial charge in [0.15, 0.2) is 0 Å². The maximum Gasteiger partial charge on any atom is 0.275 e. The van der Waals surface area contributed by atoms with E-state index in [4.69, 9.17) is 14.3 Å². The molecule has 0 aromatic rings. The monoisotopic (exact) mass is 324 g/mol. The van der Waals surface area contributed by atoms with E-state index < -0.39 is 0 Å². The number of carbonyl (C=O) groups is 1. The number of fused-ring (bicyclic) bond motifs is 1. The van der Waals surface area contributed by atoms with E-state index in [2.05, 4.69) is 4.90 Å². The van der Waals surface area contributed by atoms with Crippen LogP contribution >= 0.6 is 0 Å². The summed E-state index contributed by atoms with van der Waals surface area (Å²) in [6.45, 7) is 6.47. The molecule has 0 radical (unpaired) electrons. The maximum atomic E-state index is 12.4. The van der Waals surface area contributed by atoms with Gasteiger partial charge in [-0.1, -0.05) is 0 Å². The van der Waals surface area contributed by atoms with Crippen molar-refractivity contribution in [1.29, 1.82) is 0 Å². The largest absolute Gasteiger partial charge is 0.381 e. The van der Waals surface area contributed by atoms with E-state index in [1.807, 2.05) is 0 Å². The van der Waals surface area contributed by atoms with Gasteiger partial charge in [0.1, 0.15) is 6.10 Å². The van der Waals surface area contributed by atoms with Crippen molar-refractivity contribution < 1.29 is 19.1 Å². The van der Waals surface area contributed by atoms with Crippen molar-refractivity contribution in [3.05, 3.63) is 0 Å². The van der Waals surface area contributed by atoms with E-state index in [0.717, 1.165) is 58.0 Å². The van der Waals surface area contributed by atoms with Gasteiger partial charge in [0, 0.05) is 26.3 Å². The zero-order valence-electron chi connectivity index (χ0n) is 13.8. The van der Waals surface area contributed by atoms with Crippen molar-refractivity contribution in [2.24, 2.45) is 11.8 Å². The smallest absolute Gasteiger partial charge is 0.275 e. The summed E-state index contributed by atoms with van der Waals surface area (Å²) in [4.78, 5) is 20.4. The van der Waals surface area contributed by atoms with Gasteiger partial charge in [0.2, 0.25) is 0 Å². The van der Waals surface area contributed by atoms with Crippen molar-refractivity contribution in [3.63, 3.8) is 0 Å². The lowest BCUT2D eigenvalue weighted by molar-refractivity contribution is -0.180. The maximum absolute atomic E-state index is 12.4. The van der Waals surface area contributed by atoms with Crippen LogP contribution in [0.3, 0.4) is 0 Å². The van der Waals surface area contributed by atoms with Crippen LogP contribution in [-0.2, 0) is 19.1 Å². The highest BCUT2D eigenvalue weighted by Gasteiger charge is 2.43. The van der Waals surface area contributed by atoms with Crippen molar-refractivity contribution in [2.45, 2.75) is 44.3 Å². The number of hydrogen-bond acceptors (Lipinski definition) is 5. The predicted octanol–water partition coefficient (Wildman–Crippen LogP) is 1.06. The summed E-state index contributed by atoms with van der Waals surface area (Å²) in [5.74, 6) is 1.34. The van der Waals surface area contributed by atoms with Crippen LogP contribution in [0.5, 0.6) is 0 Å². The van der Waals surface area contributed by atoms with Crippen LogP contribution in [0.15, 0.2) is 0 Å². The number of piperidine rings is 1. The van der Waals surface area contributed by atoms with E-state index in [-0.39, 0.29) is 18.1 Å². The fourth-order valence-corrected chi connectivity index (χ4v) is 4.40. The Morgan fingerprint density at radius 1 is 1.09 bits per heavy atom. The Hall–Kier alpha value is -0.690. The summed E-state index contributed by atoms with van der Waals surface area (Å²) >= 11 is 0. The molecule has 0 unspecified atom stereocenters. The lowest BCUT2D eigenvalue weighted by atomic mass is 9.90. The number of amides is 1. The average molecular weight is 324 g/mol.